The van der Waals surface area contributed by atoms with Gasteiger partial charge in [-0.25, -0.2) is 9.18 Å². The van der Waals surface area contributed by atoms with Crippen LogP contribution in [0.4, 0.5) is 4.39 Å². The first-order valence-corrected chi connectivity index (χ1v) is 5.12. The topological polar surface area (TPSA) is 46.5 Å². The first-order valence-electron chi connectivity index (χ1n) is 5.12. The normalized spacial score (nSPS) is 12.8. The molecule has 0 heterocycles. The molecule has 0 unspecified atom stereocenters. The fourth-order valence-corrected chi connectivity index (χ4v) is 1.39. The minimum atomic E-state index is -1.07. The number of rotatable bonds is 5. The highest BCUT2D eigenvalue weighted by atomic mass is 19.1. The van der Waals surface area contributed by atoms with E-state index >= 15 is 0 Å². The molecule has 1 N–H and O–H groups in total. The molecule has 1 rings (SSSR count). The van der Waals surface area contributed by atoms with Gasteiger partial charge in [-0.3, -0.25) is 0 Å². The summed E-state index contributed by atoms with van der Waals surface area (Å²) in [6, 6.07) is 6.11. The molecule has 0 saturated heterocycles. The van der Waals surface area contributed by atoms with Gasteiger partial charge in [-0.05, 0) is 25.5 Å². The molecule has 0 aliphatic rings. The van der Waals surface area contributed by atoms with E-state index in [1.807, 2.05) is 0 Å². The molecule has 0 aliphatic heterocycles. The quantitative estimate of drug-likeness (QED) is 0.837. The number of aliphatic carboxylic acids is 1. The minimum Gasteiger partial charge on any atom is -0.479 e. The number of benzene rings is 1. The monoisotopic (exact) mass is 226 g/mol. The maximum Gasteiger partial charge on any atom is 0.333 e. The van der Waals surface area contributed by atoms with Gasteiger partial charge >= 0.3 is 5.97 Å². The lowest BCUT2D eigenvalue weighted by molar-refractivity contribution is -0.153. The fraction of sp³-hybridized carbons (Fsp3) is 0.417. The first kappa shape index (κ1) is 12.6. The van der Waals surface area contributed by atoms with Crippen LogP contribution in [-0.4, -0.2) is 23.3 Å². The van der Waals surface area contributed by atoms with Crippen LogP contribution in [0.5, 0.6) is 0 Å². The molecule has 1 aromatic rings. The SMILES string of the molecule is CC(C)O[C@@H](Cc1ccccc1F)C(=O)O. The summed E-state index contributed by atoms with van der Waals surface area (Å²) >= 11 is 0. The summed E-state index contributed by atoms with van der Waals surface area (Å²) in [5, 5.41) is 8.93. The van der Waals surface area contributed by atoms with E-state index < -0.39 is 17.9 Å². The predicted molar refractivity (Wildman–Crippen MR) is 57.7 cm³/mol. The Morgan fingerprint density at radius 1 is 1.44 bits per heavy atom. The van der Waals surface area contributed by atoms with Crippen molar-refractivity contribution in [1.82, 2.24) is 0 Å². The van der Waals surface area contributed by atoms with Gasteiger partial charge in [-0.2, -0.15) is 0 Å². The fourth-order valence-electron chi connectivity index (χ4n) is 1.39. The van der Waals surface area contributed by atoms with E-state index in [4.69, 9.17) is 9.84 Å². The summed E-state index contributed by atoms with van der Waals surface area (Å²) in [6.07, 6.45) is -1.16. The zero-order chi connectivity index (χ0) is 12.1. The molecule has 0 radical (unpaired) electrons. The number of halogens is 1. The van der Waals surface area contributed by atoms with Gasteiger partial charge in [0.25, 0.3) is 0 Å². The van der Waals surface area contributed by atoms with Gasteiger partial charge in [0.05, 0.1) is 6.10 Å². The lowest BCUT2D eigenvalue weighted by atomic mass is 10.1. The van der Waals surface area contributed by atoms with Gasteiger partial charge in [0.15, 0.2) is 6.10 Å². The Morgan fingerprint density at radius 3 is 2.56 bits per heavy atom. The average molecular weight is 226 g/mol. The van der Waals surface area contributed by atoms with E-state index in [0.29, 0.717) is 5.56 Å². The lowest BCUT2D eigenvalue weighted by Gasteiger charge is -2.16. The van der Waals surface area contributed by atoms with Crippen molar-refractivity contribution in [2.24, 2.45) is 0 Å². The Hall–Kier alpha value is -1.42. The summed E-state index contributed by atoms with van der Waals surface area (Å²) in [7, 11) is 0. The van der Waals surface area contributed by atoms with Gasteiger partial charge in [-0.1, -0.05) is 18.2 Å². The second-order valence-corrected chi connectivity index (χ2v) is 3.81. The minimum absolute atomic E-state index is 0.0419. The molecule has 4 heteroatoms. The van der Waals surface area contributed by atoms with Gasteiger partial charge in [0.1, 0.15) is 5.82 Å². The molecule has 0 aliphatic carbocycles. The van der Waals surface area contributed by atoms with Crippen LogP contribution in [0.3, 0.4) is 0 Å². The van der Waals surface area contributed by atoms with Crippen molar-refractivity contribution in [3.05, 3.63) is 35.6 Å². The Labute approximate surface area is 93.9 Å². The van der Waals surface area contributed by atoms with Crippen LogP contribution in [0.15, 0.2) is 24.3 Å². The van der Waals surface area contributed by atoms with Crippen LogP contribution in [0, 0.1) is 5.82 Å². The summed E-state index contributed by atoms with van der Waals surface area (Å²) in [4.78, 5) is 10.9. The average Bonchev–Trinajstić information content (AvgIpc) is 2.19. The number of carboxylic acids is 1. The third kappa shape index (κ3) is 3.62. The maximum absolute atomic E-state index is 13.3. The van der Waals surface area contributed by atoms with Crippen molar-refractivity contribution < 1.29 is 19.0 Å². The van der Waals surface area contributed by atoms with Crippen molar-refractivity contribution >= 4 is 5.97 Å². The zero-order valence-electron chi connectivity index (χ0n) is 9.31. The van der Waals surface area contributed by atoms with Gasteiger partial charge in [0.2, 0.25) is 0 Å². The second-order valence-electron chi connectivity index (χ2n) is 3.81. The van der Waals surface area contributed by atoms with Crippen LogP contribution >= 0.6 is 0 Å². The van der Waals surface area contributed by atoms with Crippen LogP contribution in [0.1, 0.15) is 19.4 Å². The smallest absolute Gasteiger partial charge is 0.333 e. The van der Waals surface area contributed by atoms with Crippen molar-refractivity contribution in [3.8, 4) is 0 Å². The molecule has 88 valence electrons. The Bertz CT molecular complexity index is 363. The van der Waals surface area contributed by atoms with Gasteiger partial charge in [-0.15, -0.1) is 0 Å². The summed E-state index contributed by atoms with van der Waals surface area (Å²) in [5.74, 6) is -1.47. The van der Waals surface area contributed by atoms with Crippen LogP contribution in [-0.2, 0) is 16.0 Å². The largest absolute Gasteiger partial charge is 0.479 e. The summed E-state index contributed by atoms with van der Waals surface area (Å²) < 4.78 is 18.5. The van der Waals surface area contributed by atoms with E-state index in [2.05, 4.69) is 0 Å². The highest BCUT2D eigenvalue weighted by molar-refractivity contribution is 5.72. The van der Waals surface area contributed by atoms with E-state index in [0.717, 1.165) is 0 Å². The summed E-state index contributed by atoms with van der Waals surface area (Å²) in [5.41, 5.74) is 0.357. The molecule has 0 spiro atoms. The predicted octanol–water partition coefficient (Wildman–Crippen LogP) is 2.25. The number of carbonyl (C=O) groups is 1. The highest BCUT2D eigenvalue weighted by Crippen LogP contribution is 2.12. The molecule has 0 amide bonds. The number of hydrogen-bond donors (Lipinski definition) is 1. The number of carboxylic acid groups (broad SMARTS) is 1. The molecule has 0 bridgehead atoms. The number of hydrogen-bond acceptors (Lipinski definition) is 2. The summed E-state index contributed by atoms with van der Waals surface area (Å²) in [6.45, 7) is 3.49. The molecule has 1 atom stereocenters. The van der Waals surface area contributed by atoms with Gasteiger partial charge in [0, 0.05) is 6.42 Å². The lowest BCUT2D eigenvalue weighted by Crippen LogP contribution is -2.29. The van der Waals surface area contributed by atoms with Crippen LogP contribution in [0.2, 0.25) is 0 Å². The van der Waals surface area contributed by atoms with Crippen molar-refractivity contribution in [2.75, 3.05) is 0 Å². The Morgan fingerprint density at radius 2 is 2.06 bits per heavy atom. The number of ether oxygens (including phenoxy) is 1. The third-order valence-corrected chi connectivity index (χ3v) is 2.08. The van der Waals surface area contributed by atoms with E-state index in [1.165, 1.54) is 6.07 Å². The Kier molecular flexibility index (Phi) is 4.43. The van der Waals surface area contributed by atoms with E-state index in [9.17, 15) is 9.18 Å². The molecule has 0 saturated carbocycles. The second kappa shape index (κ2) is 5.61. The highest BCUT2D eigenvalue weighted by Gasteiger charge is 2.21. The molecule has 0 aromatic heterocycles. The molecular formula is C12H15FO3. The van der Waals surface area contributed by atoms with Crippen molar-refractivity contribution in [3.63, 3.8) is 0 Å². The maximum atomic E-state index is 13.3. The first-order chi connectivity index (χ1) is 7.50. The van der Waals surface area contributed by atoms with Crippen molar-refractivity contribution in [2.45, 2.75) is 32.5 Å². The molecule has 16 heavy (non-hydrogen) atoms. The van der Waals surface area contributed by atoms with Crippen LogP contribution < -0.4 is 0 Å². The Balaban J connectivity index is 2.76. The zero-order valence-corrected chi connectivity index (χ0v) is 9.31. The standard InChI is InChI=1S/C12H15FO3/c1-8(2)16-11(12(14)15)7-9-5-3-4-6-10(9)13/h3-6,8,11H,7H2,1-2H3,(H,14,15)/t11-/m0/s1. The van der Waals surface area contributed by atoms with Crippen molar-refractivity contribution in [1.29, 1.82) is 0 Å². The van der Waals surface area contributed by atoms with E-state index in [1.54, 1.807) is 32.0 Å². The molecule has 0 fully saturated rings. The molecule has 1 aromatic carbocycles. The van der Waals surface area contributed by atoms with E-state index in [-0.39, 0.29) is 12.5 Å². The van der Waals surface area contributed by atoms with Crippen LogP contribution in [0.25, 0.3) is 0 Å². The molecule has 3 nitrogen and oxygen atoms in total. The van der Waals surface area contributed by atoms with Gasteiger partial charge < -0.3 is 9.84 Å². The third-order valence-electron chi connectivity index (χ3n) is 2.08. The molecular weight excluding hydrogens is 211 g/mol.